The van der Waals surface area contributed by atoms with Crippen molar-refractivity contribution in [2.24, 2.45) is 0 Å². The lowest BCUT2D eigenvalue weighted by Gasteiger charge is -2.07. The molecule has 6 nitrogen and oxygen atoms in total. The number of nitrogens with one attached hydrogen (secondary N) is 2. The van der Waals surface area contributed by atoms with E-state index in [0.717, 1.165) is 15.8 Å². The number of carbonyl (C=O) groups is 1. The summed E-state index contributed by atoms with van der Waals surface area (Å²) in [7, 11) is 0. The summed E-state index contributed by atoms with van der Waals surface area (Å²) >= 11 is 3.34. The fraction of sp³-hybridized carbons (Fsp3) is 0.188. The fourth-order valence-electron chi connectivity index (χ4n) is 1.94. The minimum atomic E-state index is -0.434. The monoisotopic (exact) mass is 377 g/mol. The van der Waals surface area contributed by atoms with Gasteiger partial charge in [0.25, 0.3) is 5.69 Å². The van der Waals surface area contributed by atoms with Gasteiger partial charge < -0.3 is 10.6 Å². The van der Waals surface area contributed by atoms with Gasteiger partial charge >= 0.3 is 0 Å². The molecule has 0 aromatic heterocycles. The zero-order valence-electron chi connectivity index (χ0n) is 12.3. The molecule has 0 fully saturated rings. The van der Waals surface area contributed by atoms with Gasteiger partial charge in [-0.15, -0.1) is 0 Å². The number of halogens is 1. The van der Waals surface area contributed by atoms with Gasteiger partial charge in [-0.05, 0) is 42.8 Å². The van der Waals surface area contributed by atoms with Crippen LogP contribution in [0.3, 0.4) is 0 Å². The van der Waals surface area contributed by atoms with Crippen molar-refractivity contribution in [1.82, 2.24) is 0 Å². The number of hydrogen-bond donors (Lipinski definition) is 2. The predicted octanol–water partition coefficient (Wildman–Crippen LogP) is 4.19. The van der Waals surface area contributed by atoms with Gasteiger partial charge in [0.15, 0.2) is 0 Å². The Morgan fingerprint density at radius 1 is 1.04 bits per heavy atom. The molecule has 2 aromatic carbocycles. The summed E-state index contributed by atoms with van der Waals surface area (Å²) in [5.41, 5.74) is 1.62. The molecule has 2 rings (SSSR count). The molecular formula is C16H16BrN3O3. The Balaban J connectivity index is 1.69. The van der Waals surface area contributed by atoms with E-state index in [1.54, 1.807) is 12.1 Å². The van der Waals surface area contributed by atoms with Crippen molar-refractivity contribution in [2.45, 2.75) is 12.8 Å². The number of anilines is 2. The van der Waals surface area contributed by atoms with Crippen LogP contribution in [-0.4, -0.2) is 17.4 Å². The zero-order chi connectivity index (χ0) is 16.7. The number of amides is 1. The molecule has 1 amide bonds. The van der Waals surface area contributed by atoms with Crippen LogP contribution in [0.1, 0.15) is 12.8 Å². The first-order valence-corrected chi connectivity index (χ1v) is 7.87. The highest BCUT2D eigenvalue weighted by molar-refractivity contribution is 9.10. The van der Waals surface area contributed by atoms with Crippen molar-refractivity contribution in [1.29, 1.82) is 0 Å². The van der Waals surface area contributed by atoms with Gasteiger partial charge in [0.05, 0.1) is 4.92 Å². The summed E-state index contributed by atoms with van der Waals surface area (Å²) in [5, 5.41) is 16.5. The highest BCUT2D eigenvalue weighted by Gasteiger charge is 2.04. The summed E-state index contributed by atoms with van der Waals surface area (Å²) in [5.74, 6) is -0.0437. The molecule has 120 valence electrons. The molecule has 0 unspecified atom stereocenters. The van der Waals surface area contributed by atoms with Crippen molar-refractivity contribution < 1.29 is 9.72 Å². The molecule has 23 heavy (non-hydrogen) atoms. The van der Waals surface area contributed by atoms with E-state index < -0.39 is 4.92 Å². The lowest BCUT2D eigenvalue weighted by atomic mass is 10.2. The zero-order valence-corrected chi connectivity index (χ0v) is 13.9. The Morgan fingerprint density at radius 2 is 1.65 bits per heavy atom. The predicted molar refractivity (Wildman–Crippen MR) is 93.6 cm³/mol. The third-order valence-corrected chi connectivity index (χ3v) is 3.64. The molecule has 0 spiro atoms. The van der Waals surface area contributed by atoms with E-state index in [2.05, 4.69) is 26.6 Å². The number of nitrogens with zero attached hydrogens (tertiary/aromatic N) is 1. The van der Waals surface area contributed by atoms with Crippen molar-refractivity contribution in [3.8, 4) is 0 Å². The number of benzene rings is 2. The Hall–Kier alpha value is -2.41. The molecule has 2 aromatic rings. The summed E-state index contributed by atoms with van der Waals surface area (Å²) in [4.78, 5) is 21.9. The molecule has 0 radical (unpaired) electrons. The second-order valence-electron chi connectivity index (χ2n) is 4.89. The van der Waals surface area contributed by atoms with Crippen LogP contribution in [0, 0.1) is 10.1 Å². The number of rotatable bonds is 7. The third-order valence-electron chi connectivity index (χ3n) is 3.12. The largest absolute Gasteiger partial charge is 0.385 e. The Bertz CT molecular complexity index is 672. The van der Waals surface area contributed by atoms with Crippen LogP contribution in [0.5, 0.6) is 0 Å². The first-order chi connectivity index (χ1) is 11.0. The van der Waals surface area contributed by atoms with Gasteiger partial charge in [0.2, 0.25) is 5.91 Å². The van der Waals surface area contributed by atoms with Gasteiger partial charge in [0, 0.05) is 40.9 Å². The Kier molecular flexibility index (Phi) is 6.10. The van der Waals surface area contributed by atoms with Gasteiger partial charge in [-0.1, -0.05) is 15.9 Å². The molecule has 7 heteroatoms. The molecule has 0 aliphatic heterocycles. The fourth-order valence-corrected chi connectivity index (χ4v) is 2.20. The maximum atomic E-state index is 11.8. The standard InChI is InChI=1S/C16H16BrN3O3/c17-12-3-5-14(6-4-12)19-16(21)2-1-11-18-13-7-9-15(10-8-13)20(22)23/h3-10,18H,1-2,11H2,(H,19,21). The van der Waals surface area contributed by atoms with Crippen LogP contribution < -0.4 is 10.6 Å². The average molecular weight is 378 g/mol. The molecule has 2 N–H and O–H groups in total. The van der Waals surface area contributed by atoms with Crippen molar-refractivity contribution >= 4 is 38.9 Å². The van der Waals surface area contributed by atoms with Gasteiger partial charge in [0.1, 0.15) is 0 Å². The smallest absolute Gasteiger partial charge is 0.269 e. The molecule has 0 aliphatic rings. The third kappa shape index (κ3) is 5.71. The van der Waals surface area contributed by atoms with Gasteiger partial charge in [-0.25, -0.2) is 0 Å². The van der Waals surface area contributed by atoms with Crippen LogP contribution in [0.4, 0.5) is 17.1 Å². The maximum absolute atomic E-state index is 11.8. The molecule has 0 aliphatic carbocycles. The Labute approximate surface area is 142 Å². The lowest BCUT2D eigenvalue weighted by molar-refractivity contribution is -0.384. The highest BCUT2D eigenvalue weighted by atomic mass is 79.9. The number of nitro groups is 1. The molecular weight excluding hydrogens is 362 g/mol. The van der Waals surface area contributed by atoms with E-state index in [1.807, 2.05) is 24.3 Å². The van der Waals surface area contributed by atoms with E-state index in [4.69, 9.17) is 0 Å². The molecule has 0 saturated carbocycles. The minimum Gasteiger partial charge on any atom is -0.385 e. The number of hydrogen-bond acceptors (Lipinski definition) is 4. The van der Waals surface area contributed by atoms with Crippen molar-refractivity contribution in [2.75, 3.05) is 17.2 Å². The summed E-state index contributed by atoms with van der Waals surface area (Å²) in [6.45, 7) is 0.617. The second kappa shape index (κ2) is 8.28. The van der Waals surface area contributed by atoms with Gasteiger partial charge in [-0.3, -0.25) is 14.9 Å². The van der Waals surface area contributed by atoms with E-state index >= 15 is 0 Å². The highest BCUT2D eigenvalue weighted by Crippen LogP contribution is 2.16. The van der Waals surface area contributed by atoms with Crippen LogP contribution >= 0.6 is 15.9 Å². The SMILES string of the molecule is O=C(CCCNc1ccc([N+](=O)[O-])cc1)Nc1ccc(Br)cc1. The van der Waals surface area contributed by atoms with E-state index in [1.165, 1.54) is 12.1 Å². The summed E-state index contributed by atoms with van der Waals surface area (Å²) in [6, 6.07) is 13.6. The second-order valence-corrected chi connectivity index (χ2v) is 5.81. The maximum Gasteiger partial charge on any atom is 0.269 e. The van der Waals surface area contributed by atoms with Crippen LogP contribution in [0.15, 0.2) is 53.0 Å². The number of carbonyl (C=O) groups excluding carboxylic acids is 1. The quantitative estimate of drug-likeness (QED) is 0.430. The van der Waals surface area contributed by atoms with E-state index in [-0.39, 0.29) is 11.6 Å². The molecule has 0 saturated heterocycles. The van der Waals surface area contributed by atoms with Crippen molar-refractivity contribution in [3.63, 3.8) is 0 Å². The Morgan fingerprint density at radius 3 is 2.26 bits per heavy atom. The van der Waals surface area contributed by atoms with Crippen LogP contribution in [0.25, 0.3) is 0 Å². The molecule has 0 atom stereocenters. The first kappa shape index (κ1) is 17.0. The van der Waals surface area contributed by atoms with Gasteiger partial charge in [-0.2, -0.15) is 0 Å². The summed E-state index contributed by atoms with van der Waals surface area (Å²) in [6.07, 6.45) is 1.06. The minimum absolute atomic E-state index is 0.0437. The number of non-ortho nitro benzene ring substituents is 1. The van der Waals surface area contributed by atoms with Crippen LogP contribution in [-0.2, 0) is 4.79 Å². The van der Waals surface area contributed by atoms with Crippen LogP contribution in [0.2, 0.25) is 0 Å². The molecule has 0 heterocycles. The number of nitro benzene ring substituents is 1. The average Bonchev–Trinajstić information content (AvgIpc) is 2.54. The normalized spacial score (nSPS) is 10.1. The van der Waals surface area contributed by atoms with E-state index in [9.17, 15) is 14.9 Å². The van der Waals surface area contributed by atoms with E-state index in [0.29, 0.717) is 19.4 Å². The molecule has 0 bridgehead atoms. The summed E-state index contributed by atoms with van der Waals surface area (Å²) < 4.78 is 0.961. The lowest BCUT2D eigenvalue weighted by Crippen LogP contribution is -2.13. The first-order valence-electron chi connectivity index (χ1n) is 7.08. The topological polar surface area (TPSA) is 84.3 Å². The van der Waals surface area contributed by atoms with Crippen molar-refractivity contribution in [3.05, 3.63) is 63.1 Å².